The minimum absolute atomic E-state index is 0.217. The highest BCUT2D eigenvalue weighted by Crippen LogP contribution is 2.42. The molecule has 102 valence electrons. The van der Waals surface area contributed by atoms with E-state index in [0.717, 1.165) is 12.0 Å². The minimum atomic E-state index is -0.353. The van der Waals surface area contributed by atoms with Crippen molar-refractivity contribution in [1.29, 1.82) is 0 Å². The van der Waals surface area contributed by atoms with Gasteiger partial charge >= 0.3 is 0 Å². The average Bonchev–Trinajstić information content (AvgIpc) is 2.89. The molecule has 1 unspecified atom stereocenters. The summed E-state index contributed by atoms with van der Waals surface area (Å²) in [5, 5.41) is 2.60. The molecule has 0 bridgehead atoms. The molecule has 3 aromatic rings. The minimum Gasteiger partial charge on any atom is -0.366 e. The SMILES string of the molecule is NC(=O)c1ccccc1C1Cc2cccc3cccc1c23. The number of rotatable bonds is 2. The fourth-order valence-corrected chi connectivity index (χ4v) is 3.54. The van der Waals surface area contributed by atoms with Crippen molar-refractivity contribution in [3.8, 4) is 0 Å². The van der Waals surface area contributed by atoms with E-state index in [1.807, 2.05) is 24.3 Å². The van der Waals surface area contributed by atoms with Gasteiger partial charge in [-0.2, -0.15) is 0 Å². The molecule has 1 aliphatic rings. The third-order valence-corrected chi connectivity index (χ3v) is 4.42. The van der Waals surface area contributed by atoms with Gasteiger partial charge in [0.15, 0.2) is 0 Å². The zero-order valence-electron chi connectivity index (χ0n) is 11.5. The second kappa shape index (κ2) is 4.45. The van der Waals surface area contributed by atoms with Crippen molar-refractivity contribution in [2.75, 3.05) is 0 Å². The van der Waals surface area contributed by atoms with Gasteiger partial charge in [0.2, 0.25) is 5.91 Å². The molecule has 0 aromatic heterocycles. The first-order valence-corrected chi connectivity index (χ1v) is 7.15. The van der Waals surface area contributed by atoms with E-state index in [4.69, 9.17) is 5.73 Å². The van der Waals surface area contributed by atoms with Gasteiger partial charge < -0.3 is 5.73 Å². The topological polar surface area (TPSA) is 43.1 Å². The molecule has 0 aliphatic heterocycles. The Balaban J connectivity index is 1.95. The number of benzene rings is 3. The summed E-state index contributed by atoms with van der Waals surface area (Å²) < 4.78 is 0. The molecule has 0 heterocycles. The molecule has 0 saturated heterocycles. The number of primary amides is 1. The largest absolute Gasteiger partial charge is 0.366 e. The van der Waals surface area contributed by atoms with Crippen molar-refractivity contribution in [1.82, 2.24) is 0 Å². The van der Waals surface area contributed by atoms with E-state index in [9.17, 15) is 4.79 Å². The lowest BCUT2D eigenvalue weighted by molar-refractivity contribution is 0.0999. The predicted octanol–water partition coefficient (Wildman–Crippen LogP) is 3.63. The molecular formula is C19H15NO. The Hall–Kier alpha value is -2.61. The Morgan fingerprint density at radius 3 is 2.43 bits per heavy atom. The van der Waals surface area contributed by atoms with Crippen LogP contribution in [-0.2, 0) is 6.42 Å². The third kappa shape index (κ3) is 1.76. The van der Waals surface area contributed by atoms with E-state index >= 15 is 0 Å². The molecular weight excluding hydrogens is 258 g/mol. The lowest BCUT2D eigenvalue weighted by Gasteiger charge is -2.15. The molecule has 0 radical (unpaired) electrons. The van der Waals surface area contributed by atoms with Gasteiger partial charge in [0, 0.05) is 11.5 Å². The van der Waals surface area contributed by atoms with E-state index in [2.05, 4.69) is 36.4 Å². The predicted molar refractivity (Wildman–Crippen MR) is 84.5 cm³/mol. The summed E-state index contributed by atoms with van der Waals surface area (Å²) in [6, 6.07) is 20.5. The summed E-state index contributed by atoms with van der Waals surface area (Å²) in [6.45, 7) is 0. The highest BCUT2D eigenvalue weighted by Gasteiger charge is 2.27. The molecule has 21 heavy (non-hydrogen) atoms. The van der Waals surface area contributed by atoms with E-state index in [-0.39, 0.29) is 11.8 Å². The summed E-state index contributed by atoms with van der Waals surface area (Å²) >= 11 is 0. The van der Waals surface area contributed by atoms with Gasteiger partial charge in [-0.25, -0.2) is 0 Å². The molecule has 1 aliphatic carbocycles. The smallest absolute Gasteiger partial charge is 0.248 e. The molecule has 0 fully saturated rings. The molecule has 0 saturated carbocycles. The first kappa shape index (κ1) is 12.2. The Labute approximate surface area is 123 Å². The van der Waals surface area contributed by atoms with Gasteiger partial charge in [0.05, 0.1) is 0 Å². The van der Waals surface area contributed by atoms with Crippen molar-refractivity contribution in [2.45, 2.75) is 12.3 Å². The van der Waals surface area contributed by atoms with Gasteiger partial charge in [0.1, 0.15) is 0 Å². The Kier molecular flexibility index (Phi) is 2.58. The molecule has 2 nitrogen and oxygen atoms in total. The number of hydrogen-bond acceptors (Lipinski definition) is 1. The second-order valence-corrected chi connectivity index (χ2v) is 5.57. The van der Waals surface area contributed by atoms with Crippen LogP contribution in [0.15, 0.2) is 60.7 Å². The van der Waals surface area contributed by atoms with Crippen LogP contribution >= 0.6 is 0 Å². The van der Waals surface area contributed by atoms with Crippen LogP contribution < -0.4 is 5.73 Å². The van der Waals surface area contributed by atoms with Gasteiger partial charge in [-0.15, -0.1) is 0 Å². The van der Waals surface area contributed by atoms with Crippen molar-refractivity contribution >= 4 is 16.7 Å². The van der Waals surface area contributed by atoms with Crippen LogP contribution in [0.1, 0.15) is 33.0 Å². The third-order valence-electron chi connectivity index (χ3n) is 4.42. The quantitative estimate of drug-likeness (QED) is 0.761. The Bertz CT molecular complexity index is 861. The Morgan fingerprint density at radius 2 is 1.62 bits per heavy atom. The lowest BCUT2D eigenvalue weighted by Crippen LogP contribution is -2.15. The summed E-state index contributed by atoms with van der Waals surface area (Å²) in [4.78, 5) is 11.7. The number of carbonyl (C=O) groups excluding carboxylic acids is 1. The van der Waals surface area contributed by atoms with E-state index in [1.54, 1.807) is 0 Å². The molecule has 2 N–H and O–H groups in total. The zero-order valence-corrected chi connectivity index (χ0v) is 11.5. The molecule has 2 heteroatoms. The number of carbonyl (C=O) groups is 1. The van der Waals surface area contributed by atoms with Crippen LogP contribution in [0.25, 0.3) is 10.8 Å². The van der Waals surface area contributed by atoms with Crippen molar-refractivity contribution in [3.05, 3.63) is 82.9 Å². The molecule has 1 atom stereocenters. The second-order valence-electron chi connectivity index (χ2n) is 5.57. The molecule has 3 aromatic carbocycles. The van der Waals surface area contributed by atoms with Crippen LogP contribution in [0.5, 0.6) is 0 Å². The van der Waals surface area contributed by atoms with E-state index < -0.39 is 0 Å². The molecule has 0 spiro atoms. The normalized spacial score (nSPS) is 16.3. The maximum atomic E-state index is 11.7. The molecule has 1 amide bonds. The molecule has 4 rings (SSSR count). The van der Waals surface area contributed by atoms with Crippen LogP contribution in [0.3, 0.4) is 0 Å². The summed E-state index contributed by atoms with van der Waals surface area (Å²) in [6.07, 6.45) is 0.932. The zero-order chi connectivity index (χ0) is 14.4. The Morgan fingerprint density at radius 1 is 0.905 bits per heavy atom. The number of amides is 1. The fourth-order valence-electron chi connectivity index (χ4n) is 3.54. The maximum absolute atomic E-state index is 11.7. The van der Waals surface area contributed by atoms with E-state index in [1.165, 1.54) is 21.9 Å². The van der Waals surface area contributed by atoms with Crippen molar-refractivity contribution < 1.29 is 4.79 Å². The fraction of sp³-hybridized carbons (Fsp3) is 0.105. The monoisotopic (exact) mass is 273 g/mol. The van der Waals surface area contributed by atoms with Gasteiger partial charge in [-0.05, 0) is 39.9 Å². The van der Waals surface area contributed by atoms with Crippen LogP contribution in [-0.4, -0.2) is 5.91 Å². The standard InChI is InChI=1S/C19H15NO/c20-19(21)16-9-2-1-8-14(16)17-11-13-7-3-5-12-6-4-10-15(17)18(12)13/h1-10,17H,11H2,(H2,20,21). The van der Waals surface area contributed by atoms with Crippen molar-refractivity contribution in [3.63, 3.8) is 0 Å². The average molecular weight is 273 g/mol. The first-order valence-electron chi connectivity index (χ1n) is 7.15. The first-order chi connectivity index (χ1) is 10.3. The van der Waals surface area contributed by atoms with Crippen LogP contribution in [0.2, 0.25) is 0 Å². The number of hydrogen-bond donors (Lipinski definition) is 1. The summed E-state index contributed by atoms with van der Waals surface area (Å²) in [5.74, 6) is -0.136. The van der Waals surface area contributed by atoms with Crippen LogP contribution in [0, 0.1) is 0 Å². The lowest BCUT2D eigenvalue weighted by atomic mass is 9.88. The van der Waals surface area contributed by atoms with Crippen molar-refractivity contribution in [2.24, 2.45) is 5.73 Å². The summed E-state index contributed by atoms with van der Waals surface area (Å²) in [5.41, 5.74) is 9.87. The van der Waals surface area contributed by atoms with Gasteiger partial charge in [0.25, 0.3) is 0 Å². The van der Waals surface area contributed by atoms with Gasteiger partial charge in [-0.3, -0.25) is 4.79 Å². The van der Waals surface area contributed by atoms with Crippen LogP contribution in [0.4, 0.5) is 0 Å². The van der Waals surface area contributed by atoms with Gasteiger partial charge in [-0.1, -0.05) is 54.6 Å². The number of nitrogens with two attached hydrogens (primary N) is 1. The highest BCUT2D eigenvalue weighted by atomic mass is 16.1. The highest BCUT2D eigenvalue weighted by molar-refractivity contribution is 5.96. The van der Waals surface area contributed by atoms with E-state index in [0.29, 0.717) is 5.56 Å². The maximum Gasteiger partial charge on any atom is 0.248 e. The summed E-state index contributed by atoms with van der Waals surface area (Å²) in [7, 11) is 0.